The van der Waals surface area contributed by atoms with E-state index >= 15 is 0 Å². The van der Waals surface area contributed by atoms with Crippen molar-refractivity contribution in [3.63, 3.8) is 0 Å². The number of nitrogens with one attached hydrogen (secondary N) is 1. The Morgan fingerprint density at radius 3 is 2.89 bits per heavy atom. The SMILES string of the molecule is COC(=O)c1ccnc(Nc2ncccc2N)c1. The van der Waals surface area contributed by atoms with Gasteiger partial charge in [-0.2, -0.15) is 0 Å². The third-order valence-electron chi connectivity index (χ3n) is 2.27. The maximum Gasteiger partial charge on any atom is 0.338 e. The molecule has 2 aromatic rings. The highest BCUT2D eigenvalue weighted by atomic mass is 16.5. The smallest absolute Gasteiger partial charge is 0.338 e. The molecular weight excluding hydrogens is 232 g/mol. The Kier molecular flexibility index (Phi) is 3.38. The Balaban J connectivity index is 2.25. The van der Waals surface area contributed by atoms with Gasteiger partial charge in [0.2, 0.25) is 0 Å². The van der Waals surface area contributed by atoms with Gasteiger partial charge < -0.3 is 15.8 Å². The number of hydrogen-bond donors (Lipinski definition) is 2. The van der Waals surface area contributed by atoms with Crippen molar-refractivity contribution in [1.29, 1.82) is 0 Å². The topological polar surface area (TPSA) is 90.1 Å². The first-order valence-electron chi connectivity index (χ1n) is 5.22. The van der Waals surface area contributed by atoms with E-state index in [0.29, 0.717) is 22.9 Å². The molecule has 0 spiro atoms. The molecule has 0 aromatic carbocycles. The molecular formula is C12H12N4O2. The second-order valence-electron chi connectivity index (χ2n) is 3.49. The Labute approximate surface area is 104 Å². The van der Waals surface area contributed by atoms with Gasteiger partial charge >= 0.3 is 5.97 Å². The molecule has 2 heterocycles. The molecule has 18 heavy (non-hydrogen) atoms. The zero-order valence-electron chi connectivity index (χ0n) is 9.75. The number of pyridine rings is 2. The molecule has 0 aliphatic carbocycles. The maximum absolute atomic E-state index is 11.4. The first-order valence-corrected chi connectivity index (χ1v) is 5.22. The van der Waals surface area contributed by atoms with E-state index in [1.54, 1.807) is 30.5 Å². The lowest BCUT2D eigenvalue weighted by Crippen LogP contribution is -2.04. The van der Waals surface area contributed by atoms with E-state index in [0.717, 1.165) is 0 Å². The monoisotopic (exact) mass is 244 g/mol. The van der Waals surface area contributed by atoms with Gasteiger partial charge in [0.05, 0.1) is 18.4 Å². The van der Waals surface area contributed by atoms with Crippen LogP contribution in [0.4, 0.5) is 17.3 Å². The number of nitrogens with two attached hydrogens (primary N) is 1. The van der Waals surface area contributed by atoms with Crippen LogP contribution < -0.4 is 11.1 Å². The van der Waals surface area contributed by atoms with Crippen molar-refractivity contribution in [2.24, 2.45) is 0 Å². The van der Waals surface area contributed by atoms with Gasteiger partial charge in [0.15, 0.2) is 5.82 Å². The Bertz CT molecular complexity index is 572. The van der Waals surface area contributed by atoms with Crippen LogP contribution in [0, 0.1) is 0 Å². The summed E-state index contributed by atoms with van der Waals surface area (Å²) in [5.74, 6) is 0.546. The largest absolute Gasteiger partial charge is 0.465 e. The number of nitrogens with zero attached hydrogens (tertiary/aromatic N) is 2. The van der Waals surface area contributed by atoms with Crippen molar-refractivity contribution in [3.05, 3.63) is 42.2 Å². The fourth-order valence-electron chi connectivity index (χ4n) is 1.39. The Morgan fingerprint density at radius 1 is 1.33 bits per heavy atom. The number of carbonyl (C=O) groups excluding carboxylic acids is 1. The molecule has 0 bridgehead atoms. The molecule has 6 heteroatoms. The van der Waals surface area contributed by atoms with Crippen molar-refractivity contribution < 1.29 is 9.53 Å². The lowest BCUT2D eigenvalue weighted by atomic mass is 10.2. The molecule has 0 amide bonds. The van der Waals surface area contributed by atoms with Gasteiger partial charge in [-0.05, 0) is 24.3 Å². The summed E-state index contributed by atoms with van der Waals surface area (Å²) in [4.78, 5) is 19.5. The van der Waals surface area contributed by atoms with Crippen LogP contribution in [-0.4, -0.2) is 23.0 Å². The van der Waals surface area contributed by atoms with Crippen LogP contribution in [0.2, 0.25) is 0 Å². The highest BCUT2D eigenvalue weighted by molar-refractivity contribution is 5.90. The molecule has 0 atom stereocenters. The van der Waals surface area contributed by atoms with E-state index in [4.69, 9.17) is 5.73 Å². The van der Waals surface area contributed by atoms with Crippen molar-refractivity contribution in [2.75, 3.05) is 18.2 Å². The van der Waals surface area contributed by atoms with Gasteiger partial charge in [0.1, 0.15) is 5.82 Å². The van der Waals surface area contributed by atoms with E-state index < -0.39 is 5.97 Å². The zero-order valence-corrected chi connectivity index (χ0v) is 9.75. The summed E-state index contributed by atoms with van der Waals surface area (Å²) >= 11 is 0. The standard InChI is InChI=1S/C12H12N4O2/c1-18-12(17)8-4-6-14-10(7-8)16-11-9(13)3-2-5-15-11/h2-7H,13H2,1H3,(H,14,15,16). The average Bonchev–Trinajstić information content (AvgIpc) is 2.41. The zero-order chi connectivity index (χ0) is 13.0. The summed E-state index contributed by atoms with van der Waals surface area (Å²) in [5, 5.41) is 2.94. The molecule has 0 radical (unpaired) electrons. The van der Waals surface area contributed by atoms with Crippen LogP contribution in [0.1, 0.15) is 10.4 Å². The average molecular weight is 244 g/mol. The van der Waals surface area contributed by atoms with Crippen LogP contribution in [-0.2, 0) is 4.74 Å². The van der Waals surface area contributed by atoms with Gasteiger partial charge in [0, 0.05) is 12.4 Å². The van der Waals surface area contributed by atoms with E-state index in [1.165, 1.54) is 13.3 Å². The highest BCUT2D eigenvalue weighted by Gasteiger charge is 2.07. The Hall–Kier alpha value is -2.63. The van der Waals surface area contributed by atoms with Crippen molar-refractivity contribution >= 4 is 23.3 Å². The van der Waals surface area contributed by atoms with E-state index in [9.17, 15) is 4.79 Å². The number of ether oxygens (including phenoxy) is 1. The first kappa shape index (κ1) is 11.8. The lowest BCUT2D eigenvalue weighted by molar-refractivity contribution is 0.0600. The predicted molar refractivity (Wildman–Crippen MR) is 67.5 cm³/mol. The van der Waals surface area contributed by atoms with E-state index in [-0.39, 0.29) is 0 Å². The first-order chi connectivity index (χ1) is 8.70. The summed E-state index contributed by atoms with van der Waals surface area (Å²) in [5.41, 5.74) is 6.66. The van der Waals surface area contributed by atoms with Gasteiger partial charge in [-0.3, -0.25) is 0 Å². The molecule has 0 unspecified atom stereocenters. The van der Waals surface area contributed by atoms with Crippen molar-refractivity contribution in [3.8, 4) is 0 Å². The van der Waals surface area contributed by atoms with Crippen molar-refractivity contribution in [2.45, 2.75) is 0 Å². The van der Waals surface area contributed by atoms with Crippen molar-refractivity contribution in [1.82, 2.24) is 9.97 Å². The minimum absolute atomic E-state index is 0.407. The van der Waals surface area contributed by atoms with Crippen LogP contribution >= 0.6 is 0 Å². The molecule has 0 fully saturated rings. The third-order valence-corrected chi connectivity index (χ3v) is 2.27. The molecule has 2 rings (SSSR count). The summed E-state index contributed by atoms with van der Waals surface area (Å²) in [6, 6.07) is 6.59. The molecule has 0 saturated heterocycles. The van der Waals surface area contributed by atoms with E-state index in [2.05, 4.69) is 20.0 Å². The number of aromatic nitrogens is 2. The minimum Gasteiger partial charge on any atom is -0.465 e. The van der Waals surface area contributed by atoms with Crippen LogP contribution in [0.25, 0.3) is 0 Å². The van der Waals surface area contributed by atoms with Gasteiger partial charge in [-0.15, -0.1) is 0 Å². The second-order valence-corrected chi connectivity index (χ2v) is 3.49. The number of rotatable bonds is 3. The Morgan fingerprint density at radius 2 is 2.17 bits per heavy atom. The molecule has 92 valence electrons. The maximum atomic E-state index is 11.4. The molecule has 6 nitrogen and oxygen atoms in total. The number of carbonyl (C=O) groups is 1. The van der Waals surface area contributed by atoms with Crippen LogP contribution in [0.5, 0.6) is 0 Å². The lowest BCUT2D eigenvalue weighted by Gasteiger charge is -2.07. The second kappa shape index (κ2) is 5.13. The number of hydrogen-bond acceptors (Lipinski definition) is 6. The number of anilines is 3. The summed E-state index contributed by atoms with van der Waals surface area (Å²) in [6.45, 7) is 0. The molecule has 0 aliphatic rings. The molecule has 0 aliphatic heterocycles. The number of nitrogen functional groups attached to an aromatic ring is 1. The third kappa shape index (κ3) is 2.54. The summed E-state index contributed by atoms with van der Waals surface area (Å²) in [7, 11) is 1.33. The van der Waals surface area contributed by atoms with Gasteiger partial charge in [0.25, 0.3) is 0 Å². The predicted octanol–water partition coefficient (Wildman–Crippen LogP) is 1.59. The fourth-order valence-corrected chi connectivity index (χ4v) is 1.39. The molecule has 3 N–H and O–H groups in total. The molecule has 0 saturated carbocycles. The number of methoxy groups -OCH3 is 1. The summed E-state index contributed by atoms with van der Waals surface area (Å²) in [6.07, 6.45) is 3.12. The quantitative estimate of drug-likeness (QED) is 0.797. The van der Waals surface area contributed by atoms with Crippen LogP contribution in [0.3, 0.4) is 0 Å². The van der Waals surface area contributed by atoms with Gasteiger partial charge in [-0.25, -0.2) is 14.8 Å². The van der Waals surface area contributed by atoms with Crippen LogP contribution in [0.15, 0.2) is 36.7 Å². The summed E-state index contributed by atoms with van der Waals surface area (Å²) < 4.78 is 4.63. The number of esters is 1. The fraction of sp³-hybridized carbons (Fsp3) is 0.0833. The molecule has 2 aromatic heterocycles. The van der Waals surface area contributed by atoms with E-state index in [1.807, 2.05) is 0 Å². The highest BCUT2D eigenvalue weighted by Crippen LogP contribution is 2.18. The minimum atomic E-state index is -0.422. The normalized spacial score (nSPS) is 9.83. The van der Waals surface area contributed by atoms with Gasteiger partial charge in [-0.1, -0.05) is 0 Å².